The van der Waals surface area contributed by atoms with E-state index in [1.54, 1.807) is 54.7 Å². The van der Waals surface area contributed by atoms with Crippen molar-refractivity contribution in [3.8, 4) is 11.3 Å². The molecular formula is C21H18FN3O2. The maximum absolute atomic E-state index is 12.9. The molecule has 0 radical (unpaired) electrons. The highest BCUT2D eigenvalue weighted by molar-refractivity contribution is 5.96. The Morgan fingerprint density at radius 3 is 2.37 bits per heavy atom. The number of amides is 2. The topological polar surface area (TPSA) is 71.1 Å². The van der Waals surface area contributed by atoms with E-state index in [1.807, 2.05) is 0 Å². The highest BCUT2D eigenvalue weighted by Gasteiger charge is 2.10. The van der Waals surface area contributed by atoms with Crippen LogP contribution in [0.15, 0.2) is 66.9 Å². The third kappa shape index (κ3) is 4.76. The molecule has 0 aliphatic heterocycles. The smallest absolute Gasteiger partial charge is 0.251 e. The SMILES string of the molecule is CC(=O)Nc1cccnc1-c1ccc(C(=O)NCc2ccc(F)cc2)cc1. The Kier molecular flexibility index (Phi) is 5.56. The van der Waals surface area contributed by atoms with Gasteiger partial charge in [0.05, 0.1) is 11.4 Å². The number of benzene rings is 2. The second kappa shape index (κ2) is 8.23. The molecule has 2 amide bonds. The molecule has 0 aliphatic carbocycles. The molecule has 0 saturated heterocycles. The number of pyridine rings is 1. The van der Waals surface area contributed by atoms with Crippen molar-refractivity contribution < 1.29 is 14.0 Å². The first-order valence-electron chi connectivity index (χ1n) is 8.38. The van der Waals surface area contributed by atoms with E-state index < -0.39 is 0 Å². The molecule has 3 rings (SSSR count). The van der Waals surface area contributed by atoms with Crippen LogP contribution in [0.3, 0.4) is 0 Å². The lowest BCUT2D eigenvalue weighted by molar-refractivity contribution is -0.114. The van der Waals surface area contributed by atoms with Crippen LogP contribution in [0.5, 0.6) is 0 Å². The molecule has 0 unspecified atom stereocenters. The van der Waals surface area contributed by atoms with E-state index in [1.165, 1.54) is 19.1 Å². The predicted octanol–water partition coefficient (Wildman–Crippen LogP) is 3.78. The summed E-state index contributed by atoms with van der Waals surface area (Å²) in [4.78, 5) is 27.9. The van der Waals surface area contributed by atoms with Crippen molar-refractivity contribution in [2.24, 2.45) is 0 Å². The zero-order valence-corrected chi connectivity index (χ0v) is 14.7. The molecule has 5 nitrogen and oxygen atoms in total. The predicted molar refractivity (Wildman–Crippen MR) is 102 cm³/mol. The molecule has 0 aliphatic rings. The largest absolute Gasteiger partial charge is 0.348 e. The van der Waals surface area contributed by atoms with Crippen LogP contribution in [0.25, 0.3) is 11.3 Å². The van der Waals surface area contributed by atoms with Gasteiger partial charge in [-0.1, -0.05) is 24.3 Å². The van der Waals surface area contributed by atoms with Crippen molar-refractivity contribution in [3.63, 3.8) is 0 Å². The van der Waals surface area contributed by atoms with Gasteiger partial charge in [-0.05, 0) is 42.0 Å². The van der Waals surface area contributed by atoms with E-state index in [4.69, 9.17) is 0 Å². The minimum absolute atomic E-state index is 0.180. The minimum atomic E-state index is -0.311. The maximum atomic E-state index is 12.9. The third-order valence-corrected chi connectivity index (χ3v) is 3.91. The summed E-state index contributed by atoms with van der Waals surface area (Å²) < 4.78 is 12.9. The third-order valence-electron chi connectivity index (χ3n) is 3.91. The van der Waals surface area contributed by atoms with Crippen LogP contribution in [-0.2, 0) is 11.3 Å². The summed E-state index contributed by atoms with van der Waals surface area (Å²) in [6.45, 7) is 1.75. The van der Waals surface area contributed by atoms with Crippen LogP contribution in [0.4, 0.5) is 10.1 Å². The zero-order chi connectivity index (χ0) is 19.2. The molecule has 0 fully saturated rings. The van der Waals surface area contributed by atoms with Gasteiger partial charge in [0.2, 0.25) is 5.91 Å². The average molecular weight is 363 g/mol. The second-order valence-corrected chi connectivity index (χ2v) is 5.97. The number of hydrogen-bond donors (Lipinski definition) is 2. The number of halogens is 1. The van der Waals surface area contributed by atoms with E-state index in [2.05, 4.69) is 15.6 Å². The lowest BCUT2D eigenvalue weighted by atomic mass is 10.1. The van der Waals surface area contributed by atoms with E-state index in [0.717, 1.165) is 11.1 Å². The Bertz CT molecular complexity index is 954. The Balaban J connectivity index is 1.71. The molecule has 2 aromatic carbocycles. The molecule has 1 aromatic heterocycles. The van der Waals surface area contributed by atoms with E-state index >= 15 is 0 Å². The van der Waals surface area contributed by atoms with Crippen LogP contribution >= 0.6 is 0 Å². The van der Waals surface area contributed by atoms with Gasteiger partial charge in [-0.3, -0.25) is 14.6 Å². The molecular weight excluding hydrogens is 345 g/mol. The van der Waals surface area contributed by atoms with Gasteiger partial charge < -0.3 is 10.6 Å². The molecule has 0 spiro atoms. The normalized spacial score (nSPS) is 10.3. The van der Waals surface area contributed by atoms with Gasteiger partial charge in [0.15, 0.2) is 0 Å². The van der Waals surface area contributed by atoms with Crippen molar-refractivity contribution in [1.29, 1.82) is 0 Å². The fraction of sp³-hybridized carbons (Fsp3) is 0.0952. The number of rotatable bonds is 5. The first-order chi connectivity index (χ1) is 13.0. The molecule has 1 heterocycles. The van der Waals surface area contributed by atoms with Gasteiger partial charge in [0, 0.05) is 30.8 Å². The molecule has 3 aromatic rings. The molecule has 2 N–H and O–H groups in total. The van der Waals surface area contributed by atoms with Crippen LogP contribution in [0.2, 0.25) is 0 Å². The first kappa shape index (κ1) is 18.3. The first-order valence-corrected chi connectivity index (χ1v) is 8.38. The van der Waals surface area contributed by atoms with Crippen molar-refractivity contribution >= 4 is 17.5 Å². The zero-order valence-electron chi connectivity index (χ0n) is 14.7. The van der Waals surface area contributed by atoms with Gasteiger partial charge in [-0.25, -0.2) is 4.39 Å². The Labute approximate surface area is 156 Å². The second-order valence-electron chi connectivity index (χ2n) is 5.97. The highest BCUT2D eigenvalue weighted by Crippen LogP contribution is 2.25. The van der Waals surface area contributed by atoms with E-state index in [0.29, 0.717) is 23.5 Å². The fourth-order valence-electron chi connectivity index (χ4n) is 2.59. The van der Waals surface area contributed by atoms with Crippen molar-refractivity contribution in [2.75, 3.05) is 5.32 Å². The van der Waals surface area contributed by atoms with Gasteiger partial charge in [-0.2, -0.15) is 0 Å². The summed E-state index contributed by atoms with van der Waals surface area (Å²) >= 11 is 0. The monoisotopic (exact) mass is 363 g/mol. The standard InChI is InChI=1S/C21H18FN3O2/c1-14(26)25-19-3-2-12-23-20(19)16-6-8-17(9-7-16)21(27)24-13-15-4-10-18(22)11-5-15/h2-12H,13H2,1H3,(H,24,27)(H,25,26). The number of anilines is 1. The molecule has 0 saturated carbocycles. The van der Waals surface area contributed by atoms with Crippen LogP contribution in [-0.4, -0.2) is 16.8 Å². The number of hydrogen-bond acceptors (Lipinski definition) is 3. The lowest BCUT2D eigenvalue weighted by Crippen LogP contribution is -2.22. The lowest BCUT2D eigenvalue weighted by Gasteiger charge is -2.10. The molecule has 0 atom stereocenters. The van der Waals surface area contributed by atoms with Crippen molar-refractivity contribution in [2.45, 2.75) is 13.5 Å². The fourth-order valence-corrected chi connectivity index (χ4v) is 2.59. The summed E-state index contributed by atoms with van der Waals surface area (Å²) in [5.41, 5.74) is 3.34. The number of nitrogens with zero attached hydrogens (tertiary/aromatic N) is 1. The Morgan fingerprint density at radius 2 is 1.70 bits per heavy atom. The molecule has 6 heteroatoms. The molecule has 27 heavy (non-hydrogen) atoms. The van der Waals surface area contributed by atoms with Crippen LogP contribution in [0, 0.1) is 5.82 Å². The van der Waals surface area contributed by atoms with Gasteiger partial charge >= 0.3 is 0 Å². The Hall–Kier alpha value is -3.54. The summed E-state index contributed by atoms with van der Waals surface area (Å²) in [5.74, 6) is -0.719. The maximum Gasteiger partial charge on any atom is 0.251 e. The van der Waals surface area contributed by atoms with E-state index in [9.17, 15) is 14.0 Å². The van der Waals surface area contributed by atoms with Gasteiger partial charge in [0.1, 0.15) is 5.82 Å². The number of aromatic nitrogens is 1. The summed E-state index contributed by atoms with van der Waals surface area (Å²) in [5, 5.41) is 5.54. The quantitative estimate of drug-likeness (QED) is 0.725. The van der Waals surface area contributed by atoms with Crippen LogP contribution < -0.4 is 10.6 Å². The number of carbonyl (C=O) groups is 2. The van der Waals surface area contributed by atoms with Gasteiger partial charge in [0.25, 0.3) is 5.91 Å². The van der Waals surface area contributed by atoms with Crippen LogP contribution in [0.1, 0.15) is 22.8 Å². The molecule has 0 bridgehead atoms. The highest BCUT2D eigenvalue weighted by atomic mass is 19.1. The average Bonchev–Trinajstić information content (AvgIpc) is 2.67. The number of nitrogens with one attached hydrogen (secondary N) is 2. The molecule has 136 valence electrons. The Morgan fingerprint density at radius 1 is 1.00 bits per heavy atom. The summed E-state index contributed by atoms with van der Waals surface area (Å²) in [7, 11) is 0. The summed E-state index contributed by atoms with van der Waals surface area (Å²) in [6.07, 6.45) is 1.64. The van der Waals surface area contributed by atoms with Crippen molar-refractivity contribution in [1.82, 2.24) is 10.3 Å². The minimum Gasteiger partial charge on any atom is -0.348 e. The number of carbonyl (C=O) groups excluding carboxylic acids is 2. The summed E-state index contributed by atoms with van der Waals surface area (Å²) in [6, 6.07) is 16.4. The van der Waals surface area contributed by atoms with E-state index in [-0.39, 0.29) is 17.6 Å². The van der Waals surface area contributed by atoms with Gasteiger partial charge in [-0.15, -0.1) is 0 Å². The van der Waals surface area contributed by atoms with Crippen molar-refractivity contribution in [3.05, 3.63) is 83.8 Å².